The molecule has 1 saturated heterocycles. The van der Waals surface area contributed by atoms with E-state index in [2.05, 4.69) is 16.0 Å². The van der Waals surface area contributed by atoms with E-state index in [1.807, 2.05) is 47.6 Å². The summed E-state index contributed by atoms with van der Waals surface area (Å²) < 4.78 is 5.45. The minimum atomic E-state index is 0.115. The molecule has 2 atom stereocenters. The van der Waals surface area contributed by atoms with E-state index >= 15 is 0 Å². The predicted octanol–water partition coefficient (Wildman–Crippen LogP) is 2.54. The summed E-state index contributed by atoms with van der Waals surface area (Å²) in [4.78, 5) is 21.2. The van der Waals surface area contributed by atoms with Crippen LogP contribution in [0.15, 0.2) is 48.8 Å². The summed E-state index contributed by atoms with van der Waals surface area (Å²) in [6.07, 6.45) is 4.56. The average molecular weight is 337 g/mol. The average Bonchev–Trinajstić information content (AvgIpc) is 3.49. The van der Waals surface area contributed by atoms with Crippen LogP contribution < -0.4 is 9.64 Å². The maximum atomic E-state index is 12.8. The van der Waals surface area contributed by atoms with E-state index in [1.54, 1.807) is 7.11 Å². The first-order valence-electron chi connectivity index (χ1n) is 8.84. The van der Waals surface area contributed by atoms with Gasteiger partial charge in [0.15, 0.2) is 0 Å². The molecule has 5 nitrogen and oxygen atoms in total. The molecule has 1 amide bonds. The molecule has 25 heavy (non-hydrogen) atoms. The zero-order chi connectivity index (χ0) is 17.2. The molecule has 1 aliphatic carbocycles. The summed E-state index contributed by atoms with van der Waals surface area (Å²) in [5, 5.41) is 0. The number of methoxy groups -OCH3 is 1. The fraction of sp³-hybridized carbons (Fsp3) is 0.400. The van der Waals surface area contributed by atoms with E-state index in [0.29, 0.717) is 11.8 Å². The fourth-order valence-corrected chi connectivity index (χ4v) is 3.76. The molecule has 0 bridgehead atoms. The van der Waals surface area contributed by atoms with Crippen molar-refractivity contribution in [2.24, 2.45) is 5.92 Å². The number of carbonyl (C=O) groups is 1. The number of ether oxygens (including phenoxy) is 1. The lowest BCUT2D eigenvalue weighted by Gasteiger charge is -2.36. The number of rotatable bonds is 4. The highest BCUT2D eigenvalue weighted by Gasteiger charge is 2.47. The number of hydrogen-bond acceptors (Lipinski definition) is 4. The maximum absolute atomic E-state index is 12.8. The van der Waals surface area contributed by atoms with E-state index in [9.17, 15) is 4.79 Å². The number of para-hydroxylation sites is 1. The van der Waals surface area contributed by atoms with Crippen molar-refractivity contribution in [1.29, 1.82) is 0 Å². The Bertz CT molecular complexity index is 742. The molecule has 2 heterocycles. The minimum absolute atomic E-state index is 0.115. The van der Waals surface area contributed by atoms with Crippen LogP contribution in [-0.2, 0) is 4.79 Å². The molecule has 5 heteroatoms. The molecule has 4 rings (SSSR count). The Morgan fingerprint density at radius 2 is 1.80 bits per heavy atom. The zero-order valence-corrected chi connectivity index (χ0v) is 14.5. The highest BCUT2D eigenvalue weighted by molar-refractivity contribution is 5.83. The van der Waals surface area contributed by atoms with Gasteiger partial charge in [-0.15, -0.1) is 0 Å². The SMILES string of the molecule is COc1ccccc1[C@@H]1C[C@@H]1C(=O)N1CCN(c2ccncc2)CC1. The second-order valence-electron chi connectivity index (χ2n) is 6.71. The van der Waals surface area contributed by atoms with Crippen LogP contribution in [-0.4, -0.2) is 49.1 Å². The fourth-order valence-electron chi connectivity index (χ4n) is 3.76. The van der Waals surface area contributed by atoms with Crippen LogP contribution in [0.5, 0.6) is 5.75 Å². The van der Waals surface area contributed by atoms with Gasteiger partial charge >= 0.3 is 0 Å². The van der Waals surface area contributed by atoms with E-state index in [1.165, 1.54) is 11.3 Å². The number of amides is 1. The molecule has 0 N–H and O–H groups in total. The maximum Gasteiger partial charge on any atom is 0.226 e. The molecule has 2 aliphatic rings. The number of hydrogen-bond donors (Lipinski definition) is 0. The number of benzene rings is 1. The van der Waals surface area contributed by atoms with Crippen molar-refractivity contribution in [3.63, 3.8) is 0 Å². The molecule has 0 spiro atoms. The predicted molar refractivity (Wildman–Crippen MR) is 96.9 cm³/mol. The summed E-state index contributed by atoms with van der Waals surface area (Å²) in [7, 11) is 1.69. The number of anilines is 1. The summed E-state index contributed by atoms with van der Waals surface area (Å²) in [6.45, 7) is 3.33. The van der Waals surface area contributed by atoms with Crippen LogP contribution in [0.1, 0.15) is 17.9 Å². The molecule has 0 radical (unpaired) electrons. The van der Waals surface area contributed by atoms with Gasteiger partial charge in [0.2, 0.25) is 5.91 Å². The van der Waals surface area contributed by atoms with Gasteiger partial charge in [-0.05, 0) is 36.1 Å². The largest absolute Gasteiger partial charge is 0.496 e. The van der Waals surface area contributed by atoms with Crippen LogP contribution in [0, 0.1) is 5.92 Å². The normalized spacial score (nSPS) is 22.6. The topological polar surface area (TPSA) is 45.7 Å². The first kappa shape index (κ1) is 15.9. The van der Waals surface area contributed by atoms with Crippen molar-refractivity contribution in [3.8, 4) is 5.75 Å². The number of piperazine rings is 1. The van der Waals surface area contributed by atoms with Crippen LogP contribution >= 0.6 is 0 Å². The van der Waals surface area contributed by atoms with Gasteiger partial charge in [-0.25, -0.2) is 0 Å². The van der Waals surface area contributed by atoms with Crippen LogP contribution in [0.2, 0.25) is 0 Å². The summed E-state index contributed by atoms with van der Waals surface area (Å²) in [5.41, 5.74) is 2.35. The summed E-state index contributed by atoms with van der Waals surface area (Å²) >= 11 is 0. The van der Waals surface area contributed by atoms with Crippen LogP contribution in [0.25, 0.3) is 0 Å². The Balaban J connectivity index is 1.36. The molecule has 2 fully saturated rings. The Labute approximate surface area is 148 Å². The Kier molecular flexibility index (Phi) is 4.30. The Hall–Kier alpha value is -2.56. The van der Waals surface area contributed by atoms with Crippen LogP contribution in [0.3, 0.4) is 0 Å². The first-order valence-corrected chi connectivity index (χ1v) is 8.84. The molecule has 1 aromatic heterocycles. The van der Waals surface area contributed by atoms with Gasteiger partial charge in [-0.3, -0.25) is 9.78 Å². The van der Waals surface area contributed by atoms with Gasteiger partial charge in [0.05, 0.1) is 7.11 Å². The van der Waals surface area contributed by atoms with Gasteiger partial charge in [0.1, 0.15) is 5.75 Å². The lowest BCUT2D eigenvalue weighted by atomic mass is 10.1. The van der Waals surface area contributed by atoms with Crippen molar-refractivity contribution in [3.05, 3.63) is 54.4 Å². The smallest absolute Gasteiger partial charge is 0.226 e. The zero-order valence-electron chi connectivity index (χ0n) is 14.5. The van der Waals surface area contributed by atoms with Crippen molar-refractivity contribution in [1.82, 2.24) is 9.88 Å². The highest BCUT2D eigenvalue weighted by atomic mass is 16.5. The van der Waals surface area contributed by atoms with Gasteiger partial charge in [-0.2, -0.15) is 0 Å². The van der Waals surface area contributed by atoms with E-state index < -0.39 is 0 Å². The number of carbonyl (C=O) groups excluding carboxylic acids is 1. The second kappa shape index (κ2) is 6.75. The summed E-state index contributed by atoms with van der Waals surface area (Å²) in [6, 6.07) is 12.1. The second-order valence-corrected chi connectivity index (χ2v) is 6.71. The lowest BCUT2D eigenvalue weighted by Crippen LogP contribution is -2.49. The molecule has 1 aliphatic heterocycles. The molecule has 1 saturated carbocycles. The molecular formula is C20H23N3O2. The number of aromatic nitrogens is 1. The van der Waals surface area contributed by atoms with Gasteiger partial charge in [0, 0.05) is 50.2 Å². The molecular weight excluding hydrogens is 314 g/mol. The van der Waals surface area contributed by atoms with Gasteiger partial charge in [0.25, 0.3) is 0 Å². The Morgan fingerprint density at radius 1 is 1.08 bits per heavy atom. The highest BCUT2D eigenvalue weighted by Crippen LogP contribution is 2.51. The van der Waals surface area contributed by atoms with Gasteiger partial charge < -0.3 is 14.5 Å². The van der Waals surface area contributed by atoms with Crippen LogP contribution in [0.4, 0.5) is 5.69 Å². The molecule has 130 valence electrons. The minimum Gasteiger partial charge on any atom is -0.496 e. The van der Waals surface area contributed by atoms with Crippen molar-refractivity contribution in [2.45, 2.75) is 12.3 Å². The van der Waals surface area contributed by atoms with E-state index in [4.69, 9.17) is 4.74 Å². The lowest BCUT2D eigenvalue weighted by molar-refractivity contribution is -0.132. The third-order valence-electron chi connectivity index (χ3n) is 5.27. The van der Waals surface area contributed by atoms with Crippen molar-refractivity contribution in [2.75, 3.05) is 38.2 Å². The van der Waals surface area contributed by atoms with E-state index in [-0.39, 0.29) is 5.92 Å². The van der Waals surface area contributed by atoms with Gasteiger partial charge in [-0.1, -0.05) is 18.2 Å². The standard InChI is InChI=1S/C20H23N3O2/c1-25-19-5-3-2-4-16(19)17-14-18(17)20(24)23-12-10-22(11-13-23)15-6-8-21-9-7-15/h2-9,17-18H,10-14H2,1H3/t17-,18-/m0/s1. The van der Waals surface area contributed by atoms with E-state index in [0.717, 1.165) is 38.3 Å². The Morgan fingerprint density at radius 3 is 2.52 bits per heavy atom. The summed E-state index contributed by atoms with van der Waals surface area (Å²) in [5.74, 6) is 1.61. The van der Waals surface area contributed by atoms with Crippen molar-refractivity contribution >= 4 is 11.6 Å². The molecule has 1 aromatic carbocycles. The quantitative estimate of drug-likeness (QED) is 0.860. The number of pyridine rings is 1. The van der Waals surface area contributed by atoms with Crippen molar-refractivity contribution < 1.29 is 9.53 Å². The molecule has 2 aromatic rings. The third kappa shape index (κ3) is 3.18. The molecule has 0 unspecified atom stereocenters. The monoisotopic (exact) mass is 337 g/mol. The number of nitrogens with zero attached hydrogens (tertiary/aromatic N) is 3. The third-order valence-corrected chi connectivity index (χ3v) is 5.27. The first-order chi connectivity index (χ1) is 12.3.